The average Bonchev–Trinajstić information content (AvgIpc) is 2.81. The molecule has 1 aromatic heterocycles. The van der Waals surface area contributed by atoms with Gasteiger partial charge in [0.1, 0.15) is 0 Å². The number of nitrogens with one attached hydrogen (secondary N) is 3. The van der Waals surface area contributed by atoms with Crippen LogP contribution in [0.1, 0.15) is 38.8 Å². The highest BCUT2D eigenvalue weighted by molar-refractivity contribution is 7.89. The lowest BCUT2D eigenvalue weighted by Gasteiger charge is -2.38. The molecular weight excluding hydrogens is 262 g/mol. The van der Waals surface area contributed by atoms with Gasteiger partial charge in [0.05, 0.1) is 4.90 Å². The molecular formula is C13H23N3O2S. The van der Waals surface area contributed by atoms with Crippen molar-refractivity contribution >= 4 is 10.0 Å². The SMILES string of the molecule is CCNCc1cc(S(=O)(=O)NCC2(C)CCC2)c[nH]1. The van der Waals surface area contributed by atoms with Crippen molar-refractivity contribution in [1.82, 2.24) is 15.0 Å². The second-order valence-electron chi connectivity index (χ2n) is 5.63. The standard InChI is InChI=1S/C13H23N3O2S/c1-3-14-8-11-7-12(9-15-11)19(17,18)16-10-13(2)5-4-6-13/h7,9,14-16H,3-6,8,10H2,1-2H3. The van der Waals surface area contributed by atoms with Crippen molar-refractivity contribution in [1.29, 1.82) is 0 Å². The highest BCUT2D eigenvalue weighted by Gasteiger charge is 2.33. The van der Waals surface area contributed by atoms with Gasteiger partial charge in [-0.25, -0.2) is 13.1 Å². The van der Waals surface area contributed by atoms with Gasteiger partial charge in [-0.2, -0.15) is 0 Å². The number of H-pyrrole nitrogens is 1. The van der Waals surface area contributed by atoms with E-state index in [9.17, 15) is 8.42 Å². The topological polar surface area (TPSA) is 74.0 Å². The fraction of sp³-hybridized carbons (Fsp3) is 0.692. The molecule has 1 fully saturated rings. The van der Waals surface area contributed by atoms with Crippen LogP contribution in [0.2, 0.25) is 0 Å². The summed E-state index contributed by atoms with van der Waals surface area (Å²) in [7, 11) is -3.38. The monoisotopic (exact) mass is 285 g/mol. The summed E-state index contributed by atoms with van der Waals surface area (Å²) in [6, 6.07) is 1.69. The summed E-state index contributed by atoms with van der Waals surface area (Å²) in [5.41, 5.74) is 1.03. The summed E-state index contributed by atoms with van der Waals surface area (Å²) < 4.78 is 27.0. The molecule has 1 aromatic rings. The highest BCUT2D eigenvalue weighted by atomic mass is 32.2. The van der Waals surface area contributed by atoms with Gasteiger partial charge >= 0.3 is 0 Å². The summed E-state index contributed by atoms with van der Waals surface area (Å²) in [6.07, 6.45) is 4.97. The van der Waals surface area contributed by atoms with Gasteiger partial charge in [0.2, 0.25) is 10.0 Å². The smallest absolute Gasteiger partial charge is 0.242 e. The summed E-state index contributed by atoms with van der Waals surface area (Å²) in [6.45, 7) is 6.19. The zero-order chi connectivity index (χ0) is 13.9. The molecule has 0 unspecified atom stereocenters. The van der Waals surface area contributed by atoms with Crippen LogP contribution in [-0.2, 0) is 16.6 Å². The first-order valence-corrected chi connectivity index (χ1v) is 8.31. The number of sulfonamides is 1. The van der Waals surface area contributed by atoms with E-state index >= 15 is 0 Å². The maximum Gasteiger partial charge on any atom is 0.242 e. The predicted molar refractivity (Wildman–Crippen MR) is 75.3 cm³/mol. The Morgan fingerprint density at radius 1 is 1.42 bits per heavy atom. The Morgan fingerprint density at radius 2 is 2.16 bits per heavy atom. The molecule has 0 atom stereocenters. The Bertz CT molecular complexity index is 518. The van der Waals surface area contributed by atoms with Gasteiger partial charge in [0.15, 0.2) is 0 Å². The van der Waals surface area contributed by atoms with Crippen LogP contribution in [-0.4, -0.2) is 26.5 Å². The second-order valence-corrected chi connectivity index (χ2v) is 7.40. The second kappa shape index (κ2) is 5.64. The third kappa shape index (κ3) is 3.58. The number of hydrogen-bond donors (Lipinski definition) is 3. The van der Waals surface area contributed by atoms with Crippen LogP contribution in [0.3, 0.4) is 0 Å². The summed E-state index contributed by atoms with van der Waals surface area (Å²) in [4.78, 5) is 3.31. The maximum atomic E-state index is 12.2. The van der Waals surface area contributed by atoms with Gasteiger partial charge < -0.3 is 10.3 Å². The highest BCUT2D eigenvalue weighted by Crippen LogP contribution is 2.39. The van der Waals surface area contributed by atoms with E-state index in [1.807, 2.05) is 6.92 Å². The lowest BCUT2D eigenvalue weighted by atomic mass is 9.71. The Balaban J connectivity index is 1.96. The molecule has 1 heterocycles. The van der Waals surface area contributed by atoms with E-state index in [0.717, 1.165) is 25.1 Å². The molecule has 1 aliphatic rings. The number of hydrogen-bond acceptors (Lipinski definition) is 3. The first kappa shape index (κ1) is 14.6. The van der Waals surface area contributed by atoms with E-state index in [4.69, 9.17) is 0 Å². The fourth-order valence-electron chi connectivity index (χ4n) is 2.25. The summed E-state index contributed by atoms with van der Waals surface area (Å²) in [5, 5.41) is 3.16. The molecule has 0 amide bonds. The lowest BCUT2D eigenvalue weighted by molar-refractivity contribution is 0.166. The van der Waals surface area contributed by atoms with E-state index in [1.165, 1.54) is 6.42 Å². The van der Waals surface area contributed by atoms with Gasteiger partial charge in [0.25, 0.3) is 0 Å². The molecule has 0 spiro atoms. The molecule has 19 heavy (non-hydrogen) atoms. The van der Waals surface area contributed by atoms with E-state index in [-0.39, 0.29) is 5.41 Å². The van der Waals surface area contributed by atoms with E-state index in [2.05, 4.69) is 21.9 Å². The largest absolute Gasteiger partial charge is 0.363 e. The van der Waals surface area contributed by atoms with Gasteiger partial charge in [-0.05, 0) is 30.9 Å². The van der Waals surface area contributed by atoms with Crippen molar-refractivity contribution in [3.8, 4) is 0 Å². The number of aromatic nitrogens is 1. The molecule has 0 bridgehead atoms. The number of aromatic amines is 1. The normalized spacial score (nSPS) is 18.2. The molecule has 0 aliphatic heterocycles. The van der Waals surface area contributed by atoms with Crippen molar-refractivity contribution in [2.45, 2.75) is 44.6 Å². The first-order valence-electron chi connectivity index (χ1n) is 6.83. The Kier molecular flexibility index (Phi) is 4.32. The predicted octanol–water partition coefficient (Wildman–Crippen LogP) is 1.59. The molecule has 2 rings (SSSR count). The molecule has 5 nitrogen and oxygen atoms in total. The van der Waals surface area contributed by atoms with Crippen LogP contribution in [0.4, 0.5) is 0 Å². The molecule has 1 aliphatic carbocycles. The van der Waals surface area contributed by atoms with Crippen molar-refractivity contribution in [3.05, 3.63) is 18.0 Å². The third-order valence-corrected chi connectivity index (χ3v) is 5.22. The zero-order valence-corrected chi connectivity index (χ0v) is 12.4. The summed E-state index contributed by atoms with van der Waals surface area (Å²) >= 11 is 0. The number of rotatable bonds is 7. The fourth-order valence-corrected chi connectivity index (χ4v) is 3.46. The minimum Gasteiger partial charge on any atom is -0.363 e. The van der Waals surface area contributed by atoms with Crippen molar-refractivity contribution < 1.29 is 8.42 Å². The third-order valence-electron chi connectivity index (χ3n) is 3.84. The quantitative estimate of drug-likeness (QED) is 0.712. The van der Waals surface area contributed by atoms with Crippen molar-refractivity contribution in [2.75, 3.05) is 13.1 Å². The maximum absolute atomic E-state index is 12.2. The molecule has 0 radical (unpaired) electrons. The lowest BCUT2D eigenvalue weighted by Crippen LogP contribution is -2.39. The molecule has 0 saturated heterocycles. The molecule has 3 N–H and O–H groups in total. The van der Waals surface area contributed by atoms with Gasteiger partial charge in [-0.15, -0.1) is 0 Å². The van der Waals surface area contributed by atoms with Crippen LogP contribution in [0.25, 0.3) is 0 Å². The molecule has 6 heteroatoms. The van der Waals surface area contributed by atoms with E-state index < -0.39 is 10.0 Å². The van der Waals surface area contributed by atoms with Gasteiger partial charge in [-0.1, -0.05) is 20.3 Å². The van der Waals surface area contributed by atoms with E-state index in [0.29, 0.717) is 18.0 Å². The van der Waals surface area contributed by atoms with E-state index in [1.54, 1.807) is 12.3 Å². The Morgan fingerprint density at radius 3 is 2.74 bits per heavy atom. The van der Waals surface area contributed by atoms with Crippen molar-refractivity contribution in [3.63, 3.8) is 0 Å². The minimum atomic E-state index is -3.38. The summed E-state index contributed by atoms with van der Waals surface area (Å²) in [5.74, 6) is 0. The zero-order valence-electron chi connectivity index (χ0n) is 11.6. The van der Waals surface area contributed by atoms with Crippen LogP contribution < -0.4 is 10.0 Å². The van der Waals surface area contributed by atoms with Crippen LogP contribution in [0.15, 0.2) is 17.2 Å². The van der Waals surface area contributed by atoms with Crippen molar-refractivity contribution in [2.24, 2.45) is 5.41 Å². The Hall–Kier alpha value is -0.850. The average molecular weight is 285 g/mol. The molecule has 0 aromatic carbocycles. The Labute approximate surface area is 115 Å². The van der Waals surface area contributed by atoms with Crippen LogP contribution in [0.5, 0.6) is 0 Å². The van der Waals surface area contributed by atoms with Crippen LogP contribution in [0, 0.1) is 5.41 Å². The molecule has 108 valence electrons. The van der Waals surface area contributed by atoms with Crippen LogP contribution >= 0.6 is 0 Å². The minimum absolute atomic E-state index is 0.149. The first-order chi connectivity index (χ1) is 8.95. The van der Waals surface area contributed by atoms with Gasteiger partial charge in [0, 0.05) is 25.0 Å². The van der Waals surface area contributed by atoms with Gasteiger partial charge in [-0.3, -0.25) is 0 Å². The molecule has 1 saturated carbocycles.